The van der Waals surface area contributed by atoms with E-state index >= 15 is 0 Å². The molecule has 0 spiro atoms. The summed E-state index contributed by atoms with van der Waals surface area (Å²) in [5.41, 5.74) is 3.67. The van der Waals surface area contributed by atoms with Crippen molar-refractivity contribution < 1.29 is 38.4 Å². The van der Waals surface area contributed by atoms with Crippen LogP contribution in [0.4, 0.5) is 0 Å². The molecule has 0 unspecified atom stereocenters. The fraction of sp³-hybridized carbons (Fsp3) is 0.700. The molecule has 0 fully saturated rings. The number of nitrogens with zero attached hydrogens (tertiary/aromatic N) is 2. The van der Waals surface area contributed by atoms with Crippen molar-refractivity contribution in [2.24, 2.45) is 43.3 Å². The first-order chi connectivity index (χ1) is 40.1. The summed E-state index contributed by atoms with van der Waals surface area (Å²) in [5, 5.41) is 0. The number of hydrogen-bond donors (Lipinski definition) is 0. The number of likely N-dealkylation sites (N-methyl/N-ethyl adjacent to an activating group) is 2. The highest BCUT2D eigenvalue weighted by molar-refractivity contribution is 5.92. The maximum Gasteiger partial charge on any atom is 0.156 e. The van der Waals surface area contributed by atoms with Crippen molar-refractivity contribution in [3.05, 3.63) is 97.2 Å². The minimum Gasteiger partial charge on any atom is -0.306 e. The van der Waals surface area contributed by atoms with Crippen molar-refractivity contribution in [2.75, 3.05) is 41.3 Å². The van der Waals surface area contributed by atoms with Gasteiger partial charge in [-0.1, -0.05) is 215 Å². The third kappa shape index (κ3) is 117. The van der Waals surface area contributed by atoms with Crippen molar-refractivity contribution in [3.8, 4) is 0 Å². The van der Waals surface area contributed by atoms with Gasteiger partial charge >= 0.3 is 0 Å². The first-order valence-electron chi connectivity index (χ1n) is 32.7. The van der Waals surface area contributed by atoms with Crippen LogP contribution in [0.25, 0.3) is 0 Å². The van der Waals surface area contributed by atoms with Crippen LogP contribution >= 0.6 is 0 Å². The molecular weight excluding hydrogens is 1120 g/mol. The molecule has 0 N–H and O–H groups in total. The van der Waals surface area contributed by atoms with Crippen LogP contribution in [-0.2, 0) is 38.4 Å². The van der Waals surface area contributed by atoms with Crippen LogP contribution in [0, 0.1) is 43.3 Å². The van der Waals surface area contributed by atoms with Crippen LogP contribution in [0.1, 0.15) is 285 Å². The Morgan fingerprint density at radius 3 is 0.767 bits per heavy atom. The van der Waals surface area contributed by atoms with E-state index in [0.717, 1.165) is 49.9 Å². The normalized spacial score (nSPS) is 11.9. The zero-order valence-corrected chi connectivity index (χ0v) is 65.4. The third-order valence-electron chi connectivity index (χ3n) is 10.9. The summed E-state index contributed by atoms with van der Waals surface area (Å²) in [6.07, 6.45) is 29.3. The highest BCUT2D eigenvalue weighted by Gasteiger charge is 2.17. The van der Waals surface area contributed by atoms with Gasteiger partial charge in [-0.25, -0.2) is 0 Å². The Hall–Kier alpha value is -4.80. The molecular formula is C80H146N2O8. The average Bonchev–Trinajstić information content (AvgIpc) is 3.38. The molecule has 10 heteroatoms. The Kier molecular flexibility index (Phi) is 59.3. The second-order valence-corrected chi connectivity index (χ2v) is 34.1. The zero-order chi connectivity index (χ0) is 73.3. The van der Waals surface area contributed by atoms with Crippen LogP contribution < -0.4 is 0 Å². The molecule has 0 saturated heterocycles. The van der Waals surface area contributed by atoms with Crippen LogP contribution in [-0.4, -0.2) is 97.3 Å². The summed E-state index contributed by atoms with van der Waals surface area (Å²) < 4.78 is 0. The fourth-order valence-corrected chi connectivity index (χ4v) is 6.47. The van der Waals surface area contributed by atoms with Gasteiger partial charge in [0.1, 0.15) is 0 Å². The molecule has 0 heterocycles. The highest BCUT2D eigenvalue weighted by atomic mass is 16.1. The fourth-order valence-electron chi connectivity index (χ4n) is 6.47. The topological polar surface area (TPSA) is 143 Å². The van der Waals surface area contributed by atoms with Crippen LogP contribution in [0.2, 0.25) is 0 Å². The summed E-state index contributed by atoms with van der Waals surface area (Å²) in [6.45, 7) is 70.5. The third-order valence-corrected chi connectivity index (χ3v) is 10.9. The predicted molar refractivity (Wildman–Crippen MR) is 395 cm³/mol. The van der Waals surface area contributed by atoms with Crippen molar-refractivity contribution in [1.29, 1.82) is 0 Å². The van der Waals surface area contributed by atoms with E-state index in [4.69, 9.17) is 0 Å². The molecule has 90 heavy (non-hydrogen) atoms. The molecule has 0 aliphatic rings. The van der Waals surface area contributed by atoms with E-state index in [-0.39, 0.29) is 89.6 Å². The lowest BCUT2D eigenvalue weighted by Gasteiger charge is -2.16. The van der Waals surface area contributed by atoms with Gasteiger partial charge in [0.15, 0.2) is 46.3 Å². The summed E-state index contributed by atoms with van der Waals surface area (Å²) >= 11 is 0. The van der Waals surface area contributed by atoms with Gasteiger partial charge in [0.25, 0.3) is 0 Å². The first-order valence-corrected chi connectivity index (χ1v) is 32.7. The lowest BCUT2D eigenvalue weighted by Crippen LogP contribution is -2.13. The van der Waals surface area contributed by atoms with Crippen molar-refractivity contribution in [3.63, 3.8) is 0 Å². The van der Waals surface area contributed by atoms with Gasteiger partial charge in [0.05, 0.1) is 0 Å². The maximum absolute atomic E-state index is 11.4. The number of carbonyl (C=O) groups is 8. The summed E-state index contributed by atoms with van der Waals surface area (Å²) in [6, 6.07) is 0. The first kappa shape index (κ1) is 101. The Morgan fingerprint density at radius 1 is 0.300 bits per heavy atom. The Labute approximate surface area is 558 Å². The van der Waals surface area contributed by atoms with Gasteiger partial charge in [0, 0.05) is 64.5 Å². The predicted octanol–water partition coefficient (Wildman–Crippen LogP) is 21.2. The summed E-state index contributed by atoms with van der Waals surface area (Å²) in [4.78, 5) is 92.6. The molecule has 0 aliphatic heterocycles. The number of hydrogen-bond acceptors (Lipinski definition) is 10. The van der Waals surface area contributed by atoms with E-state index in [1.807, 2.05) is 112 Å². The molecule has 0 saturated carbocycles. The maximum atomic E-state index is 11.4. The van der Waals surface area contributed by atoms with Crippen LogP contribution in [0.5, 0.6) is 0 Å². The molecule has 524 valence electrons. The number of ketones is 8. The Balaban J connectivity index is -0.000000143. The smallest absolute Gasteiger partial charge is 0.156 e. The lowest BCUT2D eigenvalue weighted by molar-refractivity contribution is -0.117. The SMILES string of the molecule is C/C=C/C(=O)CC(C)(C)C.C/C=C/C(=O)CCC(C)(C)C.C=CC(=O)CC(C)(C)C.C=CC(=O)CCC(C)(C)C.CC(C)=CC(=O)CC(C)(C)C.CC(C)=CC(=O)CCC(C)(C)C.CN(C)C/C=C/C(=O)CC(C)(C)C.CN(C)C/C=C/C(=O)CCC(C)(C)C. The molecule has 0 aromatic carbocycles. The Bertz CT molecular complexity index is 2210. The second kappa shape index (κ2) is 52.7. The number of carbonyl (C=O) groups excluding carboxylic acids is 8. The molecule has 0 amide bonds. The lowest BCUT2D eigenvalue weighted by atomic mass is 9.89. The molecule has 0 radical (unpaired) electrons. The van der Waals surface area contributed by atoms with Gasteiger partial charge in [-0.3, -0.25) is 38.4 Å². The minimum atomic E-state index is 0.0968. The van der Waals surface area contributed by atoms with Gasteiger partial charge < -0.3 is 9.80 Å². The molecule has 10 nitrogen and oxygen atoms in total. The van der Waals surface area contributed by atoms with Crippen molar-refractivity contribution in [2.45, 2.75) is 285 Å². The number of rotatable bonds is 24. The molecule has 0 aromatic rings. The highest BCUT2D eigenvalue weighted by Crippen LogP contribution is 2.25. The molecule has 0 atom stereocenters. The van der Waals surface area contributed by atoms with E-state index in [0.29, 0.717) is 51.4 Å². The van der Waals surface area contributed by atoms with Crippen LogP contribution in [0.3, 0.4) is 0 Å². The summed E-state index contributed by atoms with van der Waals surface area (Å²) in [5.74, 6) is 1.67. The minimum absolute atomic E-state index is 0.0968. The van der Waals surface area contributed by atoms with Crippen LogP contribution in [0.15, 0.2) is 97.2 Å². The number of allylic oxidation sites excluding steroid dienone is 12. The second-order valence-electron chi connectivity index (χ2n) is 34.1. The van der Waals surface area contributed by atoms with Gasteiger partial charge in [-0.05, 0) is 187 Å². The standard InChI is InChI=1S/C12H23NO.C11H21NO.C11H20O.2C10H18O.2C9H16O.C8H14O/c1-12(2,3)9-8-11(14)7-6-10-13(4)5;1-11(2,3)9-10(13)7-6-8-12(4)5;1-9(2)8-10(12)6-7-11(3,4)5;1-8(2)6-9(11)7-10(3,4)5;1-5-6-9(11)7-8-10(2,3)4;1-5-8(10)6-7-9(2,3)4;1-5-6-8(10)7-9(2,3)4;1-5-7(9)6-8(2,3)4/h6-7H,8-10H2,1-5H3;6-7H,8-9H2,1-5H3;8H,6-7H2,1-5H3;6H,7H2,1-5H3;5-6H,7-8H2,1-4H3;5H,1,6-7H2,2-4H3;5-6H,7H2,1-4H3;5H,1,6H2,2-4H3/b2*7-6+;;;6-5+;;6-5+;. The van der Waals surface area contributed by atoms with E-state index in [2.05, 4.69) is 159 Å². The summed E-state index contributed by atoms with van der Waals surface area (Å²) in [7, 11) is 7.95. The van der Waals surface area contributed by atoms with E-state index in [9.17, 15) is 38.4 Å². The van der Waals surface area contributed by atoms with E-state index < -0.39 is 0 Å². The van der Waals surface area contributed by atoms with Gasteiger partial charge in [0.2, 0.25) is 0 Å². The Morgan fingerprint density at radius 2 is 0.522 bits per heavy atom. The van der Waals surface area contributed by atoms with E-state index in [1.165, 1.54) is 12.2 Å². The monoisotopic (exact) mass is 1260 g/mol. The average molecular weight is 1260 g/mol. The largest absolute Gasteiger partial charge is 0.306 e. The molecule has 0 aliphatic carbocycles. The quantitative estimate of drug-likeness (QED) is 0.0857. The molecule has 0 rings (SSSR count). The van der Waals surface area contributed by atoms with Crippen molar-refractivity contribution >= 4 is 46.3 Å². The van der Waals surface area contributed by atoms with E-state index in [1.54, 1.807) is 48.6 Å². The zero-order valence-electron chi connectivity index (χ0n) is 65.4. The van der Waals surface area contributed by atoms with Gasteiger partial charge in [-0.15, -0.1) is 0 Å². The van der Waals surface area contributed by atoms with Crippen molar-refractivity contribution in [1.82, 2.24) is 9.80 Å². The van der Waals surface area contributed by atoms with Gasteiger partial charge in [-0.2, -0.15) is 0 Å². The molecule has 0 aromatic heterocycles. The molecule has 0 bridgehead atoms.